The number of carbonyl (C=O) groups is 1. The topological polar surface area (TPSA) is 56.2 Å². The van der Waals surface area contributed by atoms with E-state index in [1.807, 2.05) is 38.1 Å². The van der Waals surface area contributed by atoms with Gasteiger partial charge in [-0.25, -0.2) is 0 Å². The smallest absolute Gasteiger partial charge is 0.241 e. The number of hydrogen-bond donors (Lipinski definition) is 1. The molecule has 0 radical (unpaired) electrons. The van der Waals surface area contributed by atoms with Gasteiger partial charge in [0.1, 0.15) is 18.9 Å². The standard InChI is InChI=1S/C16H19N3O2/c1-3-11(2)18-15(20)9-19-16-12(8-17-19)10-21-14-7-5-4-6-13(14)16/h4-8,11H,3,9-10H2,1-2H3,(H,18,20). The number of amides is 1. The molecule has 1 N–H and O–H groups in total. The van der Waals surface area contributed by atoms with Gasteiger partial charge in [0.15, 0.2) is 0 Å². The van der Waals surface area contributed by atoms with Crippen molar-refractivity contribution in [3.63, 3.8) is 0 Å². The first-order valence-electron chi connectivity index (χ1n) is 7.25. The summed E-state index contributed by atoms with van der Waals surface area (Å²) in [6, 6.07) is 8.03. The van der Waals surface area contributed by atoms with Gasteiger partial charge in [0.2, 0.25) is 5.91 Å². The zero-order chi connectivity index (χ0) is 14.8. The quantitative estimate of drug-likeness (QED) is 0.938. The summed E-state index contributed by atoms with van der Waals surface area (Å²) in [5.74, 6) is 0.827. The Kier molecular flexibility index (Phi) is 3.64. The van der Waals surface area contributed by atoms with Crippen LogP contribution < -0.4 is 10.1 Å². The maximum absolute atomic E-state index is 12.1. The van der Waals surface area contributed by atoms with Crippen molar-refractivity contribution in [2.24, 2.45) is 0 Å². The van der Waals surface area contributed by atoms with Crippen LogP contribution in [0.4, 0.5) is 0 Å². The second-order valence-electron chi connectivity index (χ2n) is 5.34. The van der Waals surface area contributed by atoms with E-state index in [1.54, 1.807) is 10.9 Å². The van der Waals surface area contributed by atoms with Gasteiger partial charge in [-0.3, -0.25) is 9.48 Å². The zero-order valence-corrected chi connectivity index (χ0v) is 12.3. The number of benzene rings is 1. The van der Waals surface area contributed by atoms with Crippen LogP contribution in [0.1, 0.15) is 25.8 Å². The number of carbonyl (C=O) groups excluding carboxylic acids is 1. The highest BCUT2D eigenvalue weighted by Gasteiger charge is 2.22. The predicted octanol–water partition coefficient (Wildman–Crippen LogP) is 2.36. The minimum atomic E-state index is -0.0146. The first-order valence-corrected chi connectivity index (χ1v) is 7.25. The van der Waals surface area contributed by atoms with Crippen LogP contribution in [0.5, 0.6) is 5.75 Å². The van der Waals surface area contributed by atoms with E-state index in [0.29, 0.717) is 6.61 Å². The molecule has 0 fully saturated rings. The fourth-order valence-corrected chi connectivity index (χ4v) is 2.46. The van der Waals surface area contributed by atoms with Gasteiger partial charge in [-0.15, -0.1) is 0 Å². The molecule has 1 aromatic heterocycles. The summed E-state index contributed by atoms with van der Waals surface area (Å²) in [6.07, 6.45) is 2.70. The van der Waals surface area contributed by atoms with Gasteiger partial charge in [-0.05, 0) is 25.5 Å². The molecular formula is C16H19N3O2. The Bertz CT molecular complexity index is 663. The third kappa shape index (κ3) is 2.63. The minimum absolute atomic E-state index is 0.0146. The largest absolute Gasteiger partial charge is 0.488 e. The molecule has 0 saturated carbocycles. The van der Waals surface area contributed by atoms with Crippen molar-refractivity contribution in [3.05, 3.63) is 36.0 Å². The van der Waals surface area contributed by atoms with Crippen LogP contribution in [0, 0.1) is 0 Å². The molecule has 3 rings (SSSR count). The minimum Gasteiger partial charge on any atom is -0.488 e. The molecule has 2 aromatic rings. The van der Waals surface area contributed by atoms with Crippen LogP contribution in [-0.4, -0.2) is 21.7 Å². The van der Waals surface area contributed by atoms with Crippen LogP contribution in [0.3, 0.4) is 0 Å². The van der Waals surface area contributed by atoms with Crippen LogP contribution >= 0.6 is 0 Å². The molecule has 1 aliphatic heterocycles. The molecule has 5 nitrogen and oxygen atoms in total. The van der Waals surface area contributed by atoms with Crippen LogP contribution in [0.15, 0.2) is 30.5 Å². The van der Waals surface area contributed by atoms with Crippen LogP contribution in [-0.2, 0) is 17.9 Å². The van der Waals surface area contributed by atoms with E-state index in [1.165, 1.54) is 0 Å². The summed E-state index contributed by atoms with van der Waals surface area (Å²) in [4.78, 5) is 12.1. The predicted molar refractivity (Wildman–Crippen MR) is 79.9 cm³/mol. The Morgan fingerprint density at radius 3 is 3.10 bits per heavy atom. The molecule has 1 amide bonds. The Balaban J connectivity index is 1.87. The first-order chi connectivity index (χ1) is 10.2. The summed E-state index contributed by atoms with van der Waals surface area (Å²) in [5.41, 5.74) is 2.99. The first kappa shape index (κ1) is 13.7. The third-order valence-corrected chi connectivity index (χ3v) is 3.75. The number of nitrogens with one attached hydrogen (secondary N) is 1. The van der Waals surface area contributed by atoms with Crippen molar-refractivity contribution in [3.8, 4) is 17.0 Å². The molecule has 21 heavy (non-hydrogen) atoms. The highest BCUT2D eigenvalue weighted by Crippen LogP contribution is 2.36. The van der Waals surface area contributed by atoms with Gasteiger partial charge in [0.05, 0.1) is 11.9 Å². The lowest BCUT2D eigenvalue weighted by Gasteiger charge is -2.19. The van der Waals surface area contributed by atoms with Crippen molar-refractivity contribution >= 4 is 5.91 Å². The lowest BCUT2D eigenvalue weighted by atomic mass is 10.0. The van der Waals surface area contributed by atoms with Gasteiger partial charge in [0.25, 0.3) is 0 Å². The lowest BCUT2D eigenvalue weighted by molar-refractivity contribution is -0.122. The Morgan fingerprint density at radius 1 is 1.48 bits per heavy atom. The van der Waals surface area contributed by atoms with Gasteiger partial charge in [-0.1, -0.05) is 19.1 Å². The van der Waals surface area contributed by atoms with Crippen molar-refractivity contribution in [2.45, 2.75) is 39.5 Å². The highest BCUT2D eigenvalue weighted by atomic mass is 16.5. The maximum atomic E-state index is 12.1. The SMILES string of the molecule is CCC(C)NC(=O)Cn1ncc2c1-c1ccccc1OC2. The number of para-hydroxylation sites is 1. The Morgan fingerprint density at radius 2 is 2.29 bits per heavy atom. The molecular weight excluding hydrogens is 266 g/mol. The number of ether oxygens (including phenoxy) is 1. The van der Waals surface area contributed by atoms with Gasteiger partial charge >= 0.3 is 0 Å². The molecule has 1 atom stereocenters. The van der Waals surface area contributed by atoms with Gasteiger partial charge in [0, 0.05) is 17.2 Å². The summed E-state index contributed by atoms with van der Waals surface area (Å²) < 4.78 is 7.45. The van der Waals surface area contributed by atoms with Crippen molar-refractivity contribution < 1.29 is 9.53 Å². The van der Waals surface area contributed by atoms with E-state index < -0.39 is 0 Å². The average molecular weight is 285 g/mol. The number of nitrogens with zero attached hydrogens (tertiary/aromatic N) is 2. The summed E-state index contributed by atoms with van der Waals surface area (Å²) in [5, 5.41) is 7.31. The van der Waals surface area contributed by atoms with Crippen molar-refractivity contribution in [1.82, 2.24) is 15.1 Å². The zero-order valence-electron chi connectivity index (χ0n) is 12.3. The molecule has 0 bridgehead atoms. The number of hydrogen-bond acceptors (Lipinski definition) is 3. The van der Waals surface area contributed by atoms with Crippen molar-refractivity contribution in [2.75, 3.05) is 0 Å². The monoisotopic (exact) mass is 285 g/mol. The second kappa shape index (κ2) is 5.60. The lowest BCUT2D eigenvalue weighted by Crippen LogP contribution is -2.35. The van der Waals surface area contributed by atoms with E-state index >= 15 is 0 Å². The van der Waals surface area contributed by atoms with Gasteiger partial charge in [-0.2, -0.15) is 5.10 Å². The molecule has 1 aromatic carbocycles. The fraction of sp³-hybridized carbons (Fsp3) is 0.375. The van der Waals surface area contributed by atoms with Crippen LogP contribution in [0.25, 0.3) is 11.3 Å². The number of fused-ring (bicyclic) bond motifs is 3. The molecule has 5 heteroatoms. The van der Waals surface area contributed by atoms with E-state index in [4.69, 9.17) is 4.74 Å². The molecule has 2 heterocycles. The molecule has 1 unspecified atom stereocenters. The van der Waals surface area contributed by atoms with E-state index in [-0.39, 0.29) is 18.5 Å². The van der Waals surface area contributed by atoms with Crippen molar-refractivity contribution in [1.29, 1.82) is 0 Å². The fourth-order valence-electron chi connectivity index (χ4n) is 2.46. The molecule has 0 spiro atoms. The van der Waals surface area contributed by atoms with E-state index in [0.717, 1.165) is 29.0 Å². The van der Waals surface area contributed by atoms with E-state index in [9.17, 15) is 4.79 Å². The molecule has 0 aliphatic carbocycles. The number of aromatic nitrogens is 2. The third-order valence-electron chi connectivity index (χ3n) is 3.75. The molecule has 110 valence electrons. The summed E-state index contributed by atoms with van der Waals surface area (Å²) in [7, 11) is 0. The molecule has 0 saturated heterocycles. The summed E-state index contributed by atoms with van der Waals surface area (Å²) in [6.45, 7) is 4.78. The second-order valence-corrected chi connectivity index (χ2v) is 5.34. The Labute approximate surface area is 123 Å². The maximum Gasteiger partial charge on any atom is 0.241 e. The Hall–Kier alpha value is -2.30. The van der Waals surface area contributed by atoms with Gasteiger partial charge < -0.3 is 10.1 Å². The average Bonchev–Trinajstić information content (AvgIpc) is 2.90. The van der Waals surface area contributed by atoms with Crippen LogP contribution in [0.2, 0.25) is 0 Å². The normalized spacial score (nSPS) is 13.8. The van der Waals surface area contributed by atoms with E-state index in [2.05, 4.69) is 10.4 Å². The summed E-state index contributed by atoms with van der Waals surface area (Å²) >= 11 is 0. The highest BCUT2D eigenvalue weighted by molar-refractivity contribution is 5.78. The molecule has 1 aliphatic rings. The number of rotatable bonds is 4.